The van der Waals surface area contributed by atoms with E-state index in [1.165, 1.54) is 0 Å². The van der Waals surface area contributed by atoms with Crippen molar-refractivity contribution < 1.29 is 14.3 Å². The summed E-state index contributed by atoms with van der Waals surface area (Å²) in [5.41, 5.74) is 1.65. The topological polar surface area (TPSA) is 38.8 Å². The summed E-state index contributed by atoms with van der Waals surface area (Å²) in [6.45, 7) is 2.93. The van der Waals surface area contributed by atoms with Crippen molar-refractivity contribution >= 4 is 21.8 Å². The molecule has 23 heavy (non-hydrogen) atoms. The molecular formula is C18H20BrNO3. The van der Waals surface area contributed by atoms with Crippen molar-refractivity contribution in [3.05, 3.63) is 58.1 Å². The normalized spacial score (nSPS) is 10.3. The maximum atomic E-state index is 12.5. The molecule has 0 N–H and O–H groups in total. The van der Waals surface area contributed by atoms with Gasteiger partial charge in [0.15, 0.2) is 0 Å². The Morgan fingerprint density at radius 1 is 1.22 bits per heavy atom. The zero-order valence-electron chi connectivity index (χ0n) is 13.5. The molecule has 2 aromatic carbocycles. The zero-order chi connectivity index (χ0) is 16.8. The predicted octanol–water partition coefficient (Wildman–Crippen LogP) is 3.92. The van der Waals surface area contributed by atoms with Gasteiger partial charge in [-0.15, -0.1) is 0 Å². The van der Waals surface area contributed by atoms with Crippen LogP contribution in [0, 0.1) is 6.92 Å². The second-order valence-corrected chi connectivity index (χ2v) is 6.04. The minimum atomic E-state index is -0.0795. The van der Waals surface area contributed by atoms with E-state index >= 15 is 0 Å². The number of methoxy groups -OCH3 is 1. The van der Waals surface area contributed by atoms with Crippen LogP contribution in [0.15, 0.2) is 46.9 Å². The molecule has 0 aliphatic heterocycles. The van der Waals surface area contributed by atoms with Gasteiger partial charge in [0.2, 0.25) is 0 Å². The average Bonchev–Trinajstić information content (AvgIpc) is 2.56. The van der Waals surface area contributed by atoms with Gasteiger partial charge >= 0.3 is 0 Å². The van der Waals surface area contributed by atoms with Crippen LogP contribution in [-0.4, -0.2) is 38.1 Å². The highest BCUT2D eigenvalue weighted by Crippen LogP contribution is 2.23. The number of hydrogen-bond donors (Lipinski definition) is 0. The molecule has 0 unspecified atom stereocenters. The molecule has 0 aliphatic carbocycles. The number of nitrogens with zero attached hydrogens (tertiary/aromatic N) is 1. The Bertz CT molecular complexity index is 688. The van der Waals surface area contributed by atoms with E-state index in [0.717, 1.165) is 15.8 Å². The van der Waals surface area contributed by atoms with Crippen molar-refractivity contribution in [2.24, 2.45) is 0 Å². The smallest absolute Gasteiger partial charge is 0.254 e. The Labute approximate surface area is 145 Å². The second-order valence-electron chi connectivity index (χ2n) is 5.19. The van der Waals surface area contributed by atoms with Crippen LogP contribution >= 0.6 is 15.9 Å². The number of ether oxygens (including phenoxy) is 2. The summed E-state index contributed by atoms with van der Waals surface area (Å²) in [6, 6.07) is 13.2. The van der Waals surface area contributed by atoms with Gasteiger partial charge in [0.25, 0.3) is 5.91 Å². The molecule has 2 rings (SSSR count). The molecule has 0 atom stereocenters. The lowest BCUT2D eigenvalue weighted by molar-refractivity contribution is 0.0772. The minimum absolute atomic E-state index is 0.0795. The second kappa shape index (κ2) is 8.02. The van der Waals surface area contributed by atoms with Crippen molar-refractivity contribution in [3.63, 3.8) is 0 Å². The molecule has 0 aromatic heterocycles. The molecule has 0 fully saturated rings. The molecule has 122 valence electrons. The van der Waals surface area contributed by atoms with Gasteiger partial charge < -0.3 is 14.4 Å². The lowest BCUT2D eigenvalue weighted by Crippen LogP contribution is -2.31. The minimum Gasteiger partial charge on any atom is -0.497 e. The summed E-state index contributed by atoms with van der Waals surface area (Å²) in [4.78, 5) is 14.2. The summed E-state index contributed by atoms with van der Waals surface area (Å²) in [6.07, 6.45) is 0. The molecule has 2 aromatic rings. The molecule has 0 saturated heterocycles. The van der Waals surface area contributed by atoms with Crippen molar-refractivity contribution in [2.45, 2.75) is 6.92 Å². The molecule has 0 radical (unpaired) electrons. The first-order valence-corrected chi connectivity index (χ1v) is 8.09. The van der Waals surface area contributed by atoms with Crippen LogP contribution in [0.2, 0.25) is 0 Å². The van der Waals surface area contributed by atoms with E-state index in [9.17, 15) is 4.79 Å². The standard InChI is InChI=1S/C18H20BrNO3/c1-13-6-4-5-7-17(13)23-11-10-20(2)18(21)15-12-14(22-3)8-9-16(15)19/h4-9,12H,10-11H2,1-3H3. The maximum absolute atomic E-state index is 12.5. The lowest BCUT2D eigenvalue weighted by Gasteiger charge is -2.19. The molecule has 0 spiro atoms. The van der Waals surface area contributed by atoms with Gasteiger partial charge in [0.05, 0.1) is 19.2 Å². The number of benzene rings is 2. The van der Waals surface area contributed by atoms with Crippen LogP contribution < -0.4 is 9.47 Å². The summed E-state index contributed by atoms with van der Waals surface area (Å²) >= 11 is 3.41. The number of likely N-dealkylation sites (N-methyl/N-ethyl adjacent to an activating group) is 1. The fourth-order valence-corrected chi connectivity index (χ4v) is 2.53. The number of aryl methyl sites for hydroxylation is 1. The highest BCUT2D eigenvalue weighted by Gasteiger charge is 2.16. The number of carbonyl (C=O) groups excluding carboxylic acids is 1. The third-order valence-electron chi connectivity index (χ3n) is 3.53. The van der Waals surface area contributed by atoms with E-state index in [0.29, 0.717) is 24.5 Å². The molecule has 5 heteroatoms. The van der Waals surface area contributed by atoms with Crippen LogP contribution in [0.1, 0.15) is 15.9 Å². The number of carbonyl (C=O) groups is 1. The van der Waals surface area contributed by atoms with Gasteiger partial charge in [-0.3, -0.25) is 4.79 Å². The predicted molar refractivity (Wildman–Crippen MR) is 94.3 cm³/mol. The van der Waals surface area contributed by atoms with Crippen LogP contribution in [-0.2, 0) is 0 Å². The largest absolute Gasteiger partial charge is 0.497 e. The van der Waals surface area contributed by atoms with Gasteiger partial charge in [0.1, 0.15) is 18.1 Å². The Kier molecular flexibility index (Phi) is 6.04. The van der Waals surface area contributed by atoms with E-state index in [2.05, 4.69) is 15.9 Å². The lowest BCUT2D eigenvalue weighted by atomic mass is 10.2. The first-order chi connectivity index (χ1) is 11.0. The molecule has 4 nitrogen and oxygen atoms in total. The van der Waals surface area contributed by atoms with Crippen LogP contribution in [0.4, 0.5) is 0 Å². The molecule has 0 aliphatic rings. The Hall–Kier alpha value is -2.01. The highest BCUT2D eigenvalue weighted by atomic mass is 79.9. The maximum Gasteiger partial charge on any atom is 0.254 e. The van der Waals surface area contributed by atoms with Gasteiger partial charge in [-0.25, -0.2) is 0 Å². The van der Waals surface area contributed by atoms with Crippen LogP contribution in [0.25, 0.3) is 0 Å². The third-order valence-corrected chi connectivity index (χ3v) is 4.22. The zero-order valence-corrected chi connectivity index (χ0v) is 15.1. The third kappa shape index (κ3) is 4.48. The molecule has 0 saturated carbocycles. The number of hydrogen-bond acceptors (Lipinski definition) is 3. The van der Waals surface area contributed by atoms with E-state index in [-0.39, 0.29) is 5.91 Å². The van der Waals surface area contributed by atoms with E-state index < -0.39 is 0 Å². The van der Waals surface area contributed by atoms with Crippen molar-refractivity contribution in [1.29, 1.82) is 0 Å². The van der Waals surface area contributed by atoms with Crippen molar-refractivity contribution in [2.75, 3.05) is 27.3 Å². The molecule has 1 amide bonds. The number of halogens is 1. The van der Waals surface area contributed by atoms with Gasteiger partial charge in [-0.1, -0.05) is 18.2 Å². The van der Waals surface area contributed by atoms with Crippen LogP contribution in [0.3, 0.4) is 0 Å². The van der Waals surface area contributed by atoms with E-state index in [1.807, 2.05) is 43.3 Å². The number of amides is 1. The summed E-state index contributed by atoms with van der Waals surface area (Å²) in [5.74, 6) is 1.42. The fourth-order valence-electron chi connectivity index (χ4n) is 2.11. The molecule has 0 bridgehead atoms. The highest BCUT2D eigenvalue weighted by molar-refractivity contribution is 9.10. The SMILES string of the molecule is COc1ccc(Br)c(C(=O)N(C)CCOc2ccccc2C)c1. The van der Waals surface area contributed by atoms with Crippen molar-refractivity contribution in [3.8, 4) is 11.5 Å². The number of rotatable bonds is 6. The molecule has 0 heterocycles. The summed E-state index contributed by atoms with van der Waals surface area (Å²) in [5, 5.41) is 0. The fraction of sp³-hybridized carbons (Fsp3) is 0.278. The Morgan fingerprint density at radius 2 is 1.96 bits per heavy atom. The first-order valence-electron chi connectivity index (χ1n) is 7.30. The first kappa shape index (κ1) is 17.3. The summed E-state index contributed by atoms with van der Waals surface area (Å²) < 4.78 is 11.7. The number of para-hydroxylation sites is 1. The van der Waals surface area contributed by atoms with Gasteiger partial charge in [0, 0.05) is 11.5 Å². The van der Waals surface area contributed by atoms with Gasteiger partial charge in [-0.2, -0.15) is 0 Å². The van der Waals surface area contributed by atoms with E-state index in [4.69, 9.17) is 9.47 Å². The van der Waals surface area contributed by atoms with Crippen LogP contribution in [0.5, 0.6) is 11.5 Å². The van der Waals surface area contributed by atoms with Crippen molar-refractivity contribution in [1.82, 2.24) is 4.90 Å². The Balaban J connectivity index is 1.96. The molecular weight excluding hydrogens is 358 g/mol. The Morgan fingerprint density at radius 3 is 2.65 bits per heavy atom. The monoisotopic (exact) mass is 377 g/mol. The summed E-state index contributed by atoms with van der Waals surface area (Å²) in [7, 11) is 3.34. The van der Waals surface area contributed by atoms with E-state index in [1.54, 1.807) is 25.1 Å². The average molecular weight is 378 g/mol. The quantitative estimate of drug-likeness (QED) is 0.765. The van der Waals surface area contributed by atoms with Gasteiger partial charge in [-0.05, 0) is 52.7 Å².